The number of anilines is 2. The summed E-state index contributed by atoms with van der Waals surface area (Å²) in [6, 6.07) is 16.8. The van der Waals surface area contributed by atoms with Crippen LogP contribution in [0.2, 0.25) is 0 Å². The van der Waals surface area contributed by atoms with Gasteiger partial charge in [0.1, 0.15) is 17.3 Å². The van der Waals surface area contributed by atoms with Crippen molar-refractivity contribution in [3.8, 4) is 34.6 Å². The summed E-state index contributed by atoms with van der Waals surface area (Å²) in [5.41, 5.74) is 4.24. The second kappa shape index (κ2) is 10.9. The minimum absolute atomic E-state index is 0.209. The average Bonchev–Trinajstić information content (AvgIpc) is 3.55. The zero-order valence-electron chi connectivity index (χ0n) is 21.5. The number of pyridine rings is 1. The van der Waals surface area contributed by atoms with E-state index >= 15 is 0 Å². The van der Waals surface area contributed by atoms with Crippen LogP contribution in [-0.4, -0.2) is 46.8 Å². The van der Waals surface area contributed by atoms with Crippen molar-refractivity contribution in [2.24, 2.45) is 0 Å². The van der Waals surface area contributed by atoms with E-state index in [1.54, 1.807) is 55.4 Å². The summed E-state index contributed by atoms with van der Waals surface area (Å²) in [7, 11) is 4.63. The van der Waals surface area contributed by atoms with Gasteiger partial charge in [-0.1, -0.05) is 12.1 Å². The summed E-state index contributed by atoms with van der Waals surface area (Å²) in [6.07, 6.45) is 4.74. The van der Waals surface area contributed by atoms with Crippen molar-refractivity contribution in [2.75, 3.05) is 26.6 Å². The molecule has 0 saturated carbocycles. The maximum atomic E-state index is 12.5. The van der Waals surface area contributed by atoms with Crippen molar-refractivity contribution in [3.05, 3.63) is 83.8 Å². The summed E-state index contributed by atoms with van der Waals surface area (Å²) < 4.78 is 18.2. The van der Waals surface area contributed by atoms with Gasteiger partial charge in [-0.05, 0) is 42.0 Å². The van der Waals surface area contributed by atoms with Gasteiger partial charge in [-0.2, -0.15) is 5.26 Å². The van der Waals surface area contributed by atoms with Gasteiger partial charge in [-0.15, -0.1) is 0 Å². The first kappa shape index (κ1) is 25.2. The SMILES string of the molecule is COc1cc(-c2nc3c(C#N)c[nH]n3c2Nc2cccc(CNC(=O)c3cccnc3)c2)cc(OC)c1OC. The Morgan fingerprint density at radius 1 is 1.08 bits per heavy atom. The number of carbonyl (C=O) groups is 1. The number of amides is 1. The fourth-order valence-electron chi connectivity index (χ4n) is 4.21. The lowest BCUT2D eigenvalue weighted by molar-refractivity contribution is 0.0950. The highest BCUT2D eigenvalue weighted by atomic mass is 16.5. The third kappa shape index (κ3) is 4.91. The van der Waals surface area contributed by atoms with Gasteiger partial charge < -0.3 is 24.8 Å². The molecule has 5 rings (SSSR count). The normalized spacial score (nSPS) is 10.6. The molecule has 0 bridgehead atoms. The van der Waals surface area contributed by atoms with E-state index in [1.807, 2.05) is 24.3 Å². The van der Waals surface area contributed by atoms with Gasteiger partial charge in [0.05, 0.1) is 26.9 Å². The fraction of sp³-hybridized carbons (Fsp3) is 0.143. The van der Waals surface area contributed by atoms with Crippen molar-refractivity contribution in [1.82, 2.24) is 24.9 Å². The second-order valence-electron chi connectivity index (χ2n) is 8.43. The summed E-state index contributed by atoms with van der Waals surface area (Å²) in [4.78, 5) is 21.2. The molecule has 0 aliphatic carbocycles. The van der Waals surface area contributed by atoms with Gasteiger partial charge in [0, 0.05) is 36.4 Å². The molecule has 2 aromatic carbocycles. The van der Waals surface area contributed by atoms with E-state index in [9.17, 15) is 10.1 Å². The number of hydrogen-bond acceptors (Lipinski definition) is 8. The molecular formula is C28H25N7O4. The minimum atomic E-state index is -0.209. The number of hydrogen-bond donors (Lipinski definition) is 3. The van der Waals surface area contributed by atoms with Crippen molar-refractivity contribution >= 4 is 23.1 Å². The van der Waals surface area contributed by atoms with Crippen LogP contribution in [0.15, 0.2) is 67.1 Å². The van der Waals surface area contributed by atoms with E-state index in [2.05, 4.69) is 26.8 Å². The number of carbonyl (C=O) groups excluding carboxylic acids is 1. The third-order valence-corrected chi connectivity index (χ3v) is 6.08. The Bertz CT molecular complexity index is 1660. The zero-order valence-corrected chi connectivity index (χ0v) is 21.5. The highest BCUT2D eigenvalue weighted by Crippen LogP contribution is 2.43. The van der Waals surface area contributed by atoms with Gasteiger partial charge in [0.25, 0.3) is 5.91 Å². The van der Waals surface area contributed by atoms with E-state index < -0.39 is 0 Å². The number of nitrogens with one attached hydrogen (secondary N) is 3. The molecule has 3 heterocycles. The van der Waals surface area contributed by atoms with Crippen LogP contribution < -0.4 is 24.8 Å². The molecule has 5 aromatic rings. The molecule has 0 radical (unpaired) electrons. The highest BCUT2D eigenvalue weighted by Gasteiger charge is 2.22. The quantitative estimate of drug-likeness (QED) is 0.260. The molecule has 11 nitrogen and oxygen atoms in total. The Morgan fingerprint density at radius 3 is 2.54 bits per heavy atom. The molecule has 11 heteroatoms. The smallest absolute Gasteiger partial charge is 0.253 e. The van der Waals surface area contributed by atoms with Gasteiger partial charge in [0.2, 0.25) is 5.75 Å². The van der Waals surface area contributed by atoms with Crippen molar-refractivity contribution < 1.29 is 19.0 Å². The number of benzene rings is 2. The second-order valence-corrected chi connectivity index (χ2v) is 8.43. The Labute approximate surface area is 224 Å². The van der Waals surface area contributed by atoms with E-state index in [1.165, 1.54) is 13.3 Å². The van der Waals surface area contributed by atoms with Crippen LogP contribution in [0, 0.1) is 11.3 Å². The minimum Gasteiger partial charge on any atom is -0.493 e. The number of nitriles is 1. The molecule has 3 aromatic heterocycles. The van der Waals surface area contributed by atoms with Crippen molar-refractivity contribution in [1.29, 1.82) is 5.26 Å². The molecule has 196 valence electrons. The number of H-pyrrole nitrogens is 1. The number of ether oxygens (including phenoxy) is 3. The van der Waals surface area contributed by atoms with Gasteiger partial charge >= 0.3 is 0 Å². The van der Waals surface area contributed by atoms with E-state index in [4.69, 9.17) is 19.2 Å². The maximum absolute atomic E-state index is 12.5. The molecule has 3 N–H and O–H groups in total. The molecule has 0 atom stereocenters. The number of methoxy groups -OCH3 is 3. The van der Waals surface area contributed by atoms with Crippen molar-refractivity contribution in [2.45, 2.75) is 6.54 Å². The topological polar surface area (TPSA) is 139 Å². The van der Waals surface area contributed by atoms with Crippen molar-refractivity contribution in [3.63, 3.8) is 0 Å². The lowest BCUT2D eigenvalue weighted by atomic mass is 10.1. The Balaban J connectivity index is 1.50. The molecule has 1 amide bonds. The van der Waals surface area contributed by atoms with Gasteiger partial charge in [0.15, 0.2) is 23.0 Å². The first-order chi connectivity index (χ1) is 19.1. The molecule has 0 unspecified atom stereocenters. The van der Waals surface area contributed by atoms with Crippen LogP contribution in [0.25, 0.3) is 16.9 Å². The first-order valence-electron chi connectivity index (χ1n) is 11.9. The van der Waals surface area contributed by atoms with Gasteiger partial charge in [-0.25, -0.2) is 9.50 Å². The van der Waals surface area contributed by atoms with Crippen LogP contribution >= 0.6 is 0 Å². The van der Waals surface area contributed by atoms with Crippen LogP contribution in [0.4, 0.5) is 11.5 Å². The van der Waals surface area contributed by atoms with Crippen LogP contribution in [-0.2, 0) is 6.54 Å². The molecule has 0 aliphatic rings. The molecule has 39 heavy (non-hydrogen) atoms. The fourth-order valence-corrected chi connectivity index (χ4v) is 4.21. The molecular weight excluding hydrogens is 498 g/mol. The third-order valence-electron chi connectivity index (χ3n) is 6.08. The van der Waals surface area contributed by atoms with Crippen LogP contribution in [0.1, 0.15) is 21.5 Å². The predicted octanol–water partition coefficient (Wildman–Crippen LogP) is 4.30. The molecule has 0 spiro atoms. The Morgan fingerprint density at radius 2 is 1.87 bits per heavy atom. The maximum Gasteiger partial charge on any atom is 0.253 e. The number of fused-ring (bicyclic) bond motifs is 1. The molecule has 0 saturated heterocycles. The Kier molecular flexibility index (Phi) is 7.00. The number of nitrogens with zero attached hydrogens (tertiary/aromatic N) is 4. The number of imidazole rings is 1. The van der Waals surface area contributed by atoms with Crippen LogP contribution in [0.5, 0.6) is 17.2 Å². The van der Waals surface area contributed by atoms with Crippen LogP contribution in [0.3, 0.4) is 0 Å². The highest BCUT2D eigenvalue weighted by molar-refractivity contribution is 5.93. The zero-order chi connectivity index (χ0) is 27.4. The summed E-state index contributed by atoms with van der Waals surface area (Å²) in [6.45, 7) is 0.325. The van der Waals surface area contributed by atoms with Gasteiger partial charge in [-0.3, -0.25) is 14.9 Å². The standard InChI is InChI=1S/C28H25N7O4/c1-37-22-11-19(12-23(38-2)25(22)39-3)24-27(35-26(34-24)20(13-29)16-32-35)33-21-8-4-6-17(10-21)14-31-28(36)18-7-5-9-30-15-18/h4-12,15-16,32-33H,14H2,1-3H3,(H,31,36). The number of rotatable bonds is 9. The summed E-state index contributed by atoms with van der Waals surface area (Å²) >= 11 is 0. The van der Waals surface area contributed by atoms with E-state index in [-0.39, 0.29) is 5.91 Å². The number of aromatic amines is 1. The first-order valence-corrected chi connectivity index (χ1v) is 11.9. The van der Waals surface area contributed by atoms with E-state index in [0.29, 0.717) is 57.6 Å². The number of aromatic nitrogens is 4. The summed E-state index contributed by atoms with van der Waals surface area (Å²) in [5, 5.41) is 19.0. The monoisotopic (exact) mass is 523 g/mol. The predicted molar refractivity (Wildman–Crippen MR) is 144 cm³/mol. The molecule has 0 aliphatic heterocycles. The largest absolute Gasteiger partial charge is 0.493 e. The average molecular weight is 524 g/mol. The Hall–Kier alpha value is -5.50. The lowest BCUT2D eigenvalue weighted by Crippen LogP contribution is -2.22. The summed E-state index contributed by atoms with van der Waals surface area (Å²) in [5.74, 6) is 1.79. The molecule has 0 fully saturated rings. The van der Waals surface area contributed by atoms with E-state index in [0.717, 1.165) is 11.3 Å². The lowest BCUT2D eigenvalue weighted by Gasteiger charge is -2.15.